The second kappa shape index (κ2) is 9.28. The van der Waals surface area contributed by atoms with Crippen LogP contribution in [0.15, 0.2) is 48.8 Å². The monoisotopic (exact) mass is 333 g/mol. The van der Waals surface area contributed by atoms with Crippen LogP contribution in [-0.2, 0) is 4.79 Å². The van der Waals surface area contributed by atoms with E-state index in [4.69, 9.17) is 5.73 Å². The van der Waals surface area contributed by atoms with Crippen molar-refractivity contribution in [2.75, 3.05) is 0 Å². The van der Waals surface area contributed by atoms with Crippen LogP contribution < -0.4 is 11.1 Å². The fraction of sp³-hybridized carbons (Fsp3) is 0.333. The highest BCUT2D eigenvalue weighted by Gasteiger charge is 2.15. The number of benzene rings is 1. The molecule has 0 aliphatic heterocycles. The van der Waals surface area contributed by atoms with Gasteiger partial charge in [0.25, 0.3) is 0 Å². The largest absolute Gasteiger partial charge is 0.348 e. The third-order valence-corrected chi connectivity index (χ3v) is 3.72. The lowest BCUT2D eigenvalue weighted by Gasteiger charge is -2.18. The second-order valence-corrected chi connectivity index (χ2v) is 5.48. The highest BCUT2D eigenvalue weighted by atomic mass is 35.5. The average molecular weight is 334 g/mol. The van der Waals surface area contributed by atoms with Gasteiger partial charge in [0, 0.05) is 12.4 Å². The van der Waals surface area contributed by atoms with Gasteiger partial charge in [-0.3, -0.25) is 9.78 Å². The number of hydrogen-bond acceptors (Lipinski definition) is 3. The minimum Gasteiger partial charge on any atom is -0.348 e. The zero-order valence-corrected chi connectivity index (χ0v) is 14.3. The lowest BCUT2D eigenvalue weighted by molar-refractivity contribution is -0.123. The Morgan fingerprint density at radius 3 is 2.26 bits per heavy atom. The third kappa shape index (κ3) is 5.34. The standard InChI is InChI=1S/C18H23N3O.ClH/c1-3-4-17(19)18(22)21-13(2)14-5-7-15(8-6-14)16-9-11-20-12-10-16;/h5-13,17H,3-4,19H2,1-2H3,(H,21,22);1H. The van der Waals surface area contributed by atoms with Crippen molar-refractivity contribution in [1.82, 2.24) is 10.3 Å². The van der Waals surface area contributed by atoms with Crippen molar-refractivity contribution in [1.29, 1.82) is 0 Å². The molecule has 2 atom stereocenters. The molecule has 0 bridgehead atoms. The molecule has 0 aliphatic carbocycles. The third-order valence-electron chi connectivity index (χ3n) is 3.72. The number of nitrogens with zero attached hydrogens (tertiary/aromatic N) is 1. The van der Waals surface area contributed by atoms with E-state index < -0.39 is 6.04 Å². The summed E-state index contributed by atoms with van der Waals surface area (Å²) < 4.78 is 0. The normalized spacial score (nSPS) is 12.8. The zero-order chi connectivity index (χ0) is 15.9. The van der Waals surface area contributed by atoms with Gasteiger partial charge >= 0.3 is 0 Å². The van der Waals surface area contributed by atoms with Crippen LogP contribution in [0.25, 0.3) is 11.1 Å². The minimum absolute atomic E-state index is 0. The summed E-state index contributed by atoms with van der Waals surface area (Å²) in [4.78, 5) is 16.0. The molecule has 3 N–H and O–H groups in total. The lowest BCUT2D eigenvalue weighted by Crippen LogP contribution is -2.41. The quantitative estimate of drug-likeness (QED) is 0.850. The van der Waals surface area contributed by atoms with Gasteiger partial charge < -0.3 is 11.1 Å². The molecule has 2 aromatic rings. The summed E-state index contributed by atoms with van der Waals surface area (Å²) in [5, 5.41) is 2.97. The number of aromatic nitrogens is 1. The summed E-state index contributed by atoms with van der Waals surface area (Å²) in [5.41, 5.74) is 9.16. The average Bonchev–Trinajstić information content (AvgIpc) is 2.56. The van der Waals surface area contributed by atoms with E-state index in [1.807, 2.05) is 38.1 Å². The second-order valence-electron chi connectivity index (χ2n) is 5.48. The van der Waals surface area contributed by atoms with Crippen LogP contribution >= 0.6 is 12.4 Å². The van der Waals surface area contributed by atoms with Crippen LogP contribution in [0.1, 0.15) is 38.3 Å². The number of halogens is 1. The maximum absolute atomic E-state index is 12.0. The summed E-state index contributed by atoms with van der Waals surface area (Å²) in [6, 6.07) is 11.6. The molecule has 1 amide bonds. The van der Waals surface area contributed by atoms with Gasteiger partial charge in [-0.1, -0.05) is 37.6 Å². The Labute approximate surface area is 143 Å². The molecule has 23 heavy (non-hydrogen) atoms. The fourth-order valence-corrected chi connectivity index (χ4v) is 2.35. The van der Waals surface area contributed by atoms with Crippen LogP contribution in [0, 0.1) is 0 Å². The number of nitrogens with one attached hydrogen (secondary N) is 1. The number of carbonyl (C=O) groups excluding carboxylic acids is 1. The van der Waals surface area contributed by atoms with E-state index in [0.717, 1.165) is 23.1 Å². The highest BCUT2D eigenvalue weighted by molar-refractivity contribution is 5.85. The summed E-state index contributed by atoms with van der Waals surface area (Å²) in [6.45, 7) is 3.99. The predicted octanol–water partition coefficient (Wildman–Crippen LogP) is 3.48. The van der Waals surface area contributed by atoms with E-state index in [1.54, 1.807) is 12.4 Å². The molecule has 4 nitrogen and oxygen atoms in total. The molecule has 0 aliphatic rings. The lowest BCUT2D eigenvalue weighted by atomic mass is 10.0. The fourth-order valence-electron chi connectivity index (χ4n) is 2.35. The van der Waals surface area contributed by atoms with Gasteiger partial charge in [-0.15, -0.1) is 12.4 Å². The zero-order valence-electron chi connectivity index (χ0n) is 13.5. The molecule has 0 fully saturated rings. The summed E-state index contributed by atoms with van der Waals surface area (Å²) in [6.07, 6.45) is 5.17. The Morgan fingerprint density at radius 2 is 1.70 bits per heavy atom. The van der Waals surface area contributed by atoms with Crippen LogP contribution in [0.5, 0.6) is 0 Å². The van der Waals surface area contributed by atoms with Crippen LogP contribution in [0.4, 0.5) is 0 Å². The van der Waals surface area contributed by atoms with Gasteiger partial charge in [-0.2, -0.15) is 0 Å². The molecule has 2 unspecified atom stereocenters. The van der Waals surface area contributed by atoms with Crippen LogP contribution in [0.3, 0.4) is 0 Å². The van der Waals surface area contributed by atoms with Crippen molar-refractivity contribution in [3.05, 3.63) is 54.4 Å². The number of rotatable bonds is 6. The van der Waals surface area contributed by atoms with E-state index in [9.17, 15) is 4.79 Å². The summed E-state index contributed by atoms with van der Waals surface area (Å²) >= 11 is 0. The topological polar surface area (TPSA) is 68.0 Å². The minimum atomic E-state index is -0.427. The van der Waals surface area contributed by atoms with Crippen molar-refractivity contribution in [3.63, 3.8) is 0 Å². The van der Waals surface area contributed by atoms with Crippen molar-refractivity contribution >= 4 is 18.3 Å². The van der Waals surface area contributed by atoms with Crippen LogP contribution in [0.2, 0.25) is 0 Å². The van der Waals surface area contributed by atoms with Gasteiger partial charge in [0.1, 0.15) is 0 Å². The highest BCUT2D eigenvalue weighted by Crippen LogP contribution is 2.21. The first kappa shape index (κ1) is 19.1. The molecule has 2 rings (SSSR count). The number of pyridine rings is 1. The van der Waals surface area contributed by atoms with Crippen molar-refractivity contribution in [2.24, 2.45) is 5.73 Å². The first-order valence-electron chi connectivity index (χ1n) is 7.68. The number of nitrogens with two attached hydrogens (primary N) is 1. The smallest absolute Gasteiger partial charge is 0.237 e. The molecule has 0 saturated carbocycles. The Hall–Kier alpha value is -1.91. The first-order chi connectivity index (χ1) is 10.6. The van der Waals surface area contributed by atoms with E-state index in [0.29, 0.717) is 6.42 Å². The Balaban J connectivity index is 0.00000264. The molecule has 1 heterocycles. The number of amides is 1. The molecule has 1 aromatic heterocycles. The number of hydrogen-bond donors (Lipinski definition) is 2. The molecule has 0 radical (unpaired) electrons. The Bertz CT molecular complexity index is 601. The van der Waals surface area contributed by atoms with E-state index in [-0.39, 0.29) is 24.4 Å². The predicted molar refractivity (Wildman–Crippen MR) is 96.4 cm³/mol. The molecule has 124 valence electrons. The van der Waals surface area contributed by atoms with E-state index in [1.165, 1.54) is 0 Å². The van der Waals surface area contributed by atoms with Gasteiger partial charge in [-0.25, -0.2) is 0 Å². The van der Waals surface area contributed by atoms with Crippen molar-refractivity contribution in [3.8, 4) is 11.1 Å². The van der Waals surface area contributed by atoms with Gasteiger partial charge in [0.2, 0.25) is 5.91 Å². The number of carbonyl (C=O) groups is 1. The molecular formula is C18H24ClN3O. The van der Waals surface area contributed by atoms with E-state index >= 15 is 0 Å². The molecule has 1 aromatic carbocycles. The van der Waals surface area contributed by atoms with Crippen molar-refractivity contribution < 1.29 is 4.79 Å². The van der Waals surface area contributed by atoms with E-state index in [2.05, 4.69) is 22.4 Å². The maximum atomic E-state index is 12.0. The maximum Gasteiger partial charge on any atom is 0.237 e. The molecule has 0 spiro atoms. The first-order valence-corrected chi connectivity index (χ1v) is 7.68. The molecule has 5 heteroatoms. The summed E-state index contributed by atoms with van der Waals surface area (Å²) in [5.74, 6) is -0.0902. The Morgan fingerprint density at radius 1 is 1.13 bits per heavy atom. The molecule has 0 saturated heterocycles. The Kier molecular flexibility index (Phi) is 7.72. The van der Waals surface area contributed by atoms with Gasteiger partial charge in [-0.05, 0) is 42.2 Å². The molecular weight excluding hydrogens is 310 g/mol. The SMILES string of the molecule is CCCC(N)C(=O)NC(C)c1ccc(-c2ccncc2)cc1.Cl. The van der Waals surface area contributed by atoms with Gasteiger partial charge in [0.05, 0.1) is 12.1 Å². The van der Waals surface area contributed by atoms with Crippen molar-refractivity contribution in [2.45, 2.75) is 38.8 Å². The van der Waals surface area contributed by atoms with Crippen LogP contribution in [-0.4, -0.2) is 16.9 Å². The van der Waals surface area contributed by atoms with Gasteiger partial charge in [0.15, 0.2) is 0 Å². The summed E-state index contributed by atoms with van der Waals surface area (Å²) in [7, 11) is 0.